The molecule has 2 amide bonds. The fourth-order valence-corrected chi connectivity index (χ4v) is 4.76. The predicted molar refractivity (Wildman–Crippen MR) is 142 cm³/mol. The van der Waals surface area contributed by atoms with Gasteiger partial charge in [0.25, 0.3) is 0 Å². The number of hydrogen-bond acceptors (Lipinski definition) is 7. The van der Waals surface area contributed by atoms with Crippen molar-refractivity contribution in [3.05, 3.63) is 48.9 Å². The number of H-pyrrole nitrogens is 1. The van der Waals surface area contributed by atoms with Crippen LogP contribution in [0.1, 0.15) is 26.7 Å². The molecule has 0 atom stereocenters. The smallest absolute Gasteiger partial charge is 0.222 e. The molecular weight excluding hydrogens is 470 g/mol. The summed E-state index contributed by atoms with van der Waals surface area (Å²) in [6.45, 7) is 4.69. The van der Waals surface area contributed by atoms with Crippen molar-refractivity contribution in [1.29, 1.82) is 0 Å². The molecular formula is C27H29N7O3. The third-order valence-electron chi connectivity index (χ3n) is 6.47. The number of aromatic amines is 1. The lowest BCUT2D eigenvalue weighted by molar-refractivity contribution is -0.119. The van der Waals surface area contributed by atoms with E-state index in [-0.39, 0.29) is 17.9 Å². The molecule has 3 N–H and O–H groups in total. The van der Waals surface area contributed by atoms with Gasteiger partial charge < -0.3 is 25.3 Å². The number of piperidine rings is 1. The molecule has 5 heterocycles. The largest absolute Gasteiger partial charge is 0.495 e. The standard InChI is InChI=1S/C27H29N7O3/c1-16(35)31-19-7-10-34(11-8-19)20-13-23-27(30-14-20)25(22-5-4-21(37-3)15-29-22)26(33-23)18-6-9-28-24(12-18)32-17(2)36/h4-6,9,12-15,19,33H,7-8,10-11H2,1-3H3,(H,31,35)(H,28,32,36). The Labute approximate surface area is 214 Å². The van der Waals surface area contributed by atoms with Crippen molar-refractivity contribution in [1.82, 2.24) is 25.3 Å². The normalized spacial score (nSPS) is 14.0. The number of ether oxygens (including phenoxy) is 1. The monoisotopic (exact) mass is 499 g/mol. The molecule has 5 rings (SSSR count). The van der Waals surface area contributed by atoms with E-state index in [1.165, 1.54) is 6.92 Å². The zero-order valence-corrected chi connectivity index (χ0v) is 21.0. The molecule has 4 aromatic rings. The number of aromatic nitrogens is 4. The number of anilines is 2. The summed E-state index contributed by atoms with van der Waals surface area (Å²) in [7, 11) is 1.61. The van der Waals surface area contributed by atoms with Gasteiger partial charge in [-0.15, -0.1) is 0 Å². The minimum Gasteiger partial charge on any atom is -0.495 e. The highest BCUT2D eigenvalue weighted by atomic mass is 16.5. The van der Waals surface area contributed by atoms with Gasteiger partial charge in [0.1, 0.15) is 11.6 Å². The van der Waals surface area contributed by atoms with Gasteiger partial charge in [0.2, 0.25) is 11.8 Å². The lowest BCUT2D eigenvalue weighted by Crippen LogP contribution is -2.44. The van der Waals surface area contributed by atoms with Gasteiger partial charge in [0, 0.05) is 44.7 Å². The molecule has 10 nitrogen and oxygen atoms in total. The van der Waals surface area contributed by atoms with Crippen molar-refractivity contribution in [2.24, 2.45) is 0 Å². The second-order valence-corrected chi connectivity index (χ2v) is 9.12. The van der Waals surface area contributed by atoms with Crippen LogP contribution in [0.25, 0.3) is 33.5 Å². The lowest BCUT2D eigenvalue weighted by Gasteiger charge is -2.33. The number of carbonyl (C=O) groups excluding carboxylic acids is 2. The van der Waals surface area contributed by atoms with Gasteiger partial charge in [-0.25, -0.2) is 4.98 Å². The van der Waals surface area contributed by atoms with Crippen LogP contribution >= 0.6 is 0 Å². The van der Waals surface area contributed by atoms with Crippen molar-refractivity contribution in [3.63, 3.8) is 0 Å². The Hall–Kier alpha value is -4.47. The van der Waals surface area contributed by atoms with E-state index in [1.54, 1.807) is 26.4 Å². The summed E-state index contributed by atoms with van der Waals surface area (Å²) >= 11 is 0. The van der Waals surface area contributed by atoms with Crippen LogP contribution in [0, 0.1) is 0 Å². The van der Waals surface area contributed by atoms with E-state index in [0.717, 1.165) is 65.2 Å². The average molecular weight is 500 g/mol. The fourth-order valence-electron chi connectivity index (χ4n) is 4.76. The summed E-state index contributed by atoms with van der Waals surface area (Å²) in [5, 5.41) is 5.77. The molecule has 1 aliphatic heterocycles. The van der Waals surface area contributed by atoms with Crippen LogP contribution < -0.4 is 20.3 Å². The van der Waals surface area contributed by atoms with E-state index in [4.69, 9.17) is 9.72 Å². The Kier molecular flexibility index (Phi) is 6.72. The highest BCUT2D eigenvalue weighted by molar-refractivity contribution is 6.02. The Balaban J connectivity index is 1.55. The minimum atomic E-state index is -0.188. The quantitative estimate of drug-likeness (QED) is 0.369. The van der Waals surface area contributed by atoms with Crippen LogP contribution in [-0.2, 0) is 9.59 Å². The van der Waals surface area contributed by atoms with E-state index in [2.05, 4.69) is 36.6 Å². The topological polar surface area (TPSA) is 125 Å². The summed E-state index contributed by atoms with van der Waals surface area (Å²) in [4.78, 5) is 42.6. The zero-order valence-electron chi connectivity index (χ0n) is 21.0. The molecule has 0 bridgehead atoms. The molecule has 1 aliphatic rings. The lowest BCUT2D eigenvalue weighted by atomic mass is 10.0. The maximum atomic E-state index is 11.6. The molecule has 0 unspecified atom stereocenters. The van der Waals surface area contributed by atoms with Gasteiger partial charge in [-0.05, 0) is 43.2 Å². The van der Waals surface area contributed by atoms with Gasteiger partial charge in [0.05, 0.1) is 53.2 Å². The minimum absolute atomic E-state index is 0.0119. The van der Waals surface area contributed by atoms with E-state index in [1.807, 2.05) is 30.5 Å². The van der Waals surface area contributed by atoms with Gasteiger partial charge in [-0.1, -0.05) is 0 Å². The number of hydrogen-bond donors (Lipinski definition) is 3. The molecule has 190 valence electrons. The highest BCUT2D eigenvalue weighted by Gasteiger charge is 2.23. The summed E-state index contributed by atoms with van der Waals surface area (Å²) < 4.78 is 5.29. The Bertz CT molecular complexity index is 1440. The zero-order chi connectivity index (χ0) is 25.9. The van der Waals surface area contributed by atoms with Crippen LogP contribution in [0.5, 0.6) is 5.75 Å². The summed E-state index contributed by atoms with van der Waals surface area (Å²) in [6.07, 6.45) is 7.01. The van der Waals surface area contributed by atoms with Crippen LogP contribution in [0.3, 0.4) is 0 Å². The van der Waals surface area contributed by atoms with E-state index < -0.39 is 0 Å². The Morgan fingerprint density at radius 3 is 2.51 bits per heavy atom. The summed E-state index contributed by atoms with van der Waals surface area (Å²) in [6, 6.07) is 9.80. The van der Waals surface area contributed by atoms with Gasteiger partial charge in [0.15, 0.2) is 0 Å². The second kappa shape index (κ2) is 10.3. The molecule has 4 aromatic heterocycles. The molecule has 1 saturated heterocycles. The number of amides is 2. The first-order valence-electron chi connectivity index (χ1n) is 12.2. The fraction of sp³-hybridized carbons (Fsp3) is 0.296. The van der Waals surface area contributed by atoms with Crippen molar-refractivity contribution in [2.75, 3.05) is 30.4 Å². The first kappa shape index (κ1) is 24.2. The summed E-state index contributed by atoms with van der Waals surface area (Å²) in [5.41, 5.74) is 5.97. The second-order valence-electron chi connectivity index (χ2n) is 9.12. The SMILES string of the molecule is COc1ccc(-c2c(-c3ccnc(NC(C)=O)c3)[nH]c3cc(N4CCC(NC(C)=O)CC4)cnc23)nc1. The average Bonchev–Trinajstić information content (AvgIpc) is 3.27. The van der Waals surface area contributed by atoms with Crippen molar-refractivity contribution in [2.45, 2.75) is 32.7 Å². The Morgan fingerprint density at radius 1 is 1.03 bits per heavy atom. The number of rotatable bonds is 6. The molecule has 0 aromatic carbocycles. The number of fused-ring (bicyclic) bond motifs is 1. The van der Waals surface area contributed by atoms with E-state index >= 15 is 0 Å². The van der Waals surface area contributed by atoms with Gasteiger partial charge in [-0.2, -0.15) is 0 Å². The molecule has 37 heavy (non-hydrogen) atoms. The number of nitrogens with zero attached hydrogens (tertiary/aromatic N) is 4. The summed E-state index contributed by atoms with van der Waals surface area (Å²) in [5.74, 6) is 0.956. The Morgan fingerprint density at radius 2 is 1.84 bits per heavy atom. The van der Waals surface area contributed by atoms with Crippen molar-refractivity contribution in [3.8, 4) is 28.3 Å². The van der Waals surface area contributed by atoms with Crippen LogP contribution in [-0.4, -0.2) is 58.0 Å². The molecule has 1 fully saturated rings. The van der Waals surface area contributed by atoms with Crippen LogP contribution in [0.4, 0.5) is 11.5 Å². The first-order chi connectivity index (χ1) is 17.9. The van der Waals surface area contributed by atoms with Crippen molar-refractivity contribution < 1.29 is 14.3 Å². The number of methoxy groups -OCH3 is 1. The molecule has 0 saturated carbocycles. The third kappa shape index (κ3) is 5.23. The van der Waals surface area contributed by atoms with Crippen LogP contribution in [0.15, 0.2) is 48.9 Å². The number of carbonyl (C=O) groups is 2. The van der Waals surface area contributed by atoms with Gasteiger partial charge in [-0.3, -0.25) is 19.6 Å². The van der Waals surface area contributed by atoms with E-state index in [9.17, 15) is 9.59 Å². The van der Waals surface area contributed by atoms with E-state index in [0.29, 0.717) is 11.6 Å². The molecule has 0 aliphatic carbocycles. The molecule has 10 heteroatoms. The molecule has 0 spiro atoms. The molecule has 0 radical (unpaired) electrons. The predicted octanol–water partition coefficient (Wildman–Crippen LogP) is 3.76. The third-order valence-corrected chi connectivity index (χ3v) is 6.47. The number of nitrogens with one attached hydrogen (secondary N) is 3. The maximum absolute atomic E-state index is 11.6. The van der Waals surface area contributed by atoms with Crippen molar-refractivity contribution >= 4 is 34.4 Å². The maximum Gasteiger partial charge on any atom is 0.222 e. The number of pyridine rings is 3. The highest BCUT2D eigenvalue weighted by Crippen LogP contribution is 2.38. The van der Waals surface area contributed by atoms with Crippen LogP contribution in [0.2, 0.25) is 0 Å². The first-order valence-corrected chi connectivity index (χ1v) is 12.2. The van der Waals surface area contributed by atoms with Gasteiger partial charge >= 0.3 is 0 Å².